The van der Waals surface area contributed by atoms with Gasteiger partial charge < -0.3 is 0 Å². The lowest BCUT2D eigenvalue weighted by atomic mass is 10.1. The van der Waals surface area contributed by atoms with E-state index >= 15 is 0 Å². The van der Waals surface area contributed by atoms with Gasteiger partial charge in [0.1, 0.15) is 0 Å². The highest BCUT2D eigenvalue weighted by atomic mass is 32.3. The number of unbranched alkanes of at least 4 members (excludes halogenated alkanes) is 8. The summed E-state index contributed by atoms with van der Waals surface area (Å²) in [7, 11) is -4.23. The molecule has 0 radical (unpaired) electrons. The Balaban J connectivity index is 0. The predicted molar refractivity (Wildman–Crippen MR) is 73.3 cm³/mol. The summed E-state index contributed by atoms with van der Waals surface area (Å²) in [5, 5.41) is 0. The summed E-state index contributed by atoms with van der Waals surface area (Å²) in [6, 6.07) is 0. The molecule has 0 aliphatic rings. The molecule has 0 bridgehead atoms. The molecule has 0 aromatic heterocycles. The average Bonchev–Trinajstić information content (AvgIpc) is 2.19. The van der Waals surface area contributed by atoms with Crippen molar-refractivity contribution in [2.45, 2.75) is 64.7 Å². The van der Waals surface area contributed by atoms with Crippen LogP contribution >= 0.6 is 0 Å². The third-order valence-corrected chi connectivity index (χ3v) is 2.94. The molecular formula is C11H26MgO4S. The van der Waals surface area contributed by atoms with E-state index in [1.54, 1.807) is 0 Å². The van der Waals surface area contributed by atoms with Crippen molar-refractivity contribution in [1.82, 2.24) is 0 Å². The van der Waals surface area contributed by atoms with Crippen LogP contribution in [0.2, 0.25) is 0 Å². The molecule has 0 aromatic rings. The summed E-state index contributed by atoms with van der Waals surface area (Å²) in [6.07, 6.45) is 10.4. The third-order valence-electron chi connectivity index (χ3n) is 2.48. The second-order valence-electron chi connectivity index (χ2n) is 4.08. The van der Waals surface area contributed by atoms with E-state index in [9.17, 15) is 8.42 Å². The highest BCUT2D eigenvalue weighted by molar-refractivity contribution is 7.80. The van der Waals surface area contributed by atoms with Crippen molar-refractivity contribution in [1.29, 1.82) is 0 Å². The molecule has 0 rings (SSSR count). The molecule has 0 atom stereocenters. The van der Waals surface area contributed by atoms with Gasteiger partial charge in [0.15, 0.2) is 0 Å². The smallest absolute Gasteiger partial charge is 0.264 e. The van der Waals surface area contributed by atoms with E-state index in [1.165, 1.54) is 38.5 Å². The van der Waals surface area contributed by atoms with Crippen LogP contribution in [0.4, 0.5) is 0 Å². The Bertz CT molecular complexity index is 242. The van der Waals surface area contributed by atoms with E-state index in [2.05, 4.69) is 11.1 Å². The molecule has 0 aliphatic carbocycles. The Morgan fingerprint density at radius 2 is 1.29 bits per heavy atom. The topological polar surface area (TPSA) is 63.6 Å². The summed E-state index contributed by atoms with van der Waals surface area (Å²) < 4.78 is 32.9. The van der Waals surface area contributed by atoms with E-state index in [-0.39, 0.29) is 29.7 Å². The SMILES string of the molecule is CCCCCCCCCCCOS(=O)(=O)O.[MgH2]. The maximum atomic E-state index is 10.2. The highest BCUT2D eigenvalue weighted by Gasteiger charge is 2.02. The standard InChI is InChI=1S/C11H24O4S.Mg.2H/c1-2-3-4-5-6-7-8-9-10-11-15-16(12,13)14;;;/h2-11H2,1H3,(H,12,13,14);;;. The first-order valence-electron chi connectivity index (χ1n) is 6.18. The number of rotatable bonds is 11. The van der Waals surface area contributed by atoms with Crippen molar-refractivity contribution in [3.05, 3.63) is 0 Å². The van der Waals surface area contributed by atoms with Crippen LogP contribution in [0, 0.1) is 0 Å². The molecule has 6 heteroatoms. The quantitative estimate of drug-likeness (QED) is 0.358. The zero-order valence-electron chi connectivity index (χ0n) is 10.2. The molecule has 0 saturated heterocycles. The van der Waals surface area contributed by atoms with Crippen LogP contribution in [-0.4, -0.2) is 42.6 Å². The maximum Gasteiger partial charge on any atom is 0.397 e. The molecule has 17 heavy (non-hydrogen) atoms. The highest BCUT2D eigenvalue weighted by Crippen LogP contribution is 2.09. The number of hydrogen-bond acceptors (Lipinski definition) is 3. The minimum absolute atomic E-state index is 0. The van der Waals surface area contributed by atoms with Crippen LogP contribution in [0.25, 0.3) is 0 Å². The molecule has 0 amide bonds. The molecule has 0 aliphatic heterocycles. The molecule has 0 unspecified atom stereocenters. The lowest BCUT2D eigenvalue weighted by molar-refractivity contribution is 0.261. The van der Waals surface area contributed by atoms with Crippen LogP contribution in [0.15, 0.2) is 0 Å². The molecule has 1 N–H and O–H groups in total. The van der Waals surface area contributed by atoms with E-state index in [0.29, 0.717) is 6.42 Å². The first-order chi connectivity index (χ1) is 7.56. The molecule has 0 heterocycles. The van der Waals surface area contributed by atoms with Gasteiger partial charge in [-0.15, -0.1) is 0 Å². The van der Waals surface area contributed by atoms with Crippen molar-refractivity contribution in [2.24, 2.45) is 0 Å². The third kappa shape index (κ3) is 19.2. The maximum absolute atomic E-state index is 10.2. The lowest BCUT2D eigenvalue weighted by Gasteiger charge is -2.01. The van der Waals surface area contributed by atoms with Gasteiger partial charge in [-0.1, -0.05) is 58.3 Å². The molecule has 4 nitrogen and oxygen atoms in total. The van der Waals surface area contributed by atoms with Crippen LogP contribution in [0.3, 0.4) is 0 Å². The van der Waals surface area contributed by atoms with E-state index < -0.39 is 10.4 Å². The van der Waals surface area contributed by atoms with Gasteiger partial charge in [0, 0.05) is 0 Å². The average molecular weight is 279 g/mol. The first-order valence-corrected chi connectivity index (χ1v) is 7.54. The molecular weight excluding hydrogens is 252 g/mol. The minimum Gasteiger partial charge on any atom is -0.264 e. The summed E-state index contributed by atoms with van der Waals surface area (Å²) in [5.41, 5.74) is 0. The summed E-state index contributed by atoms with van der Waals surface area (Å²) in [6.45, 7) is 2.30. The van der Waals surface area contributed by atoms with Crippen LogP contribution in [-0.2, 0) is 14.6 Å². The summed E-state index contributed by atoms with van der Waals surface area (Å²) >= 11 is 0. The fourth-order valence-corrected chi connectivity index (χ4v) is 1.91. The Labute approximate surface area is 122 Å². The molecule has 0 fully saturated rings. The Kier molecular flexibility index (Phi) is 15.4. The van der Waals surface area contributed by atoms with E-state index in [1.807, 2.05) is 0 Å². The van der Waals surface area contributed by atoms with Crippen LogP contribution in [0.5, 0.6) is 0 Å². The summed E-state index contributed by atoms with van der Waals surface area (Å²) in [4.78, 5) is 0. The normalized spacial score (nSPS) is 11.2. The van der Waals surface area contributed by atoms with Crippen molar-refractivity contribution >= 4 is 33.5 Å². The van der Waals surface area contributed by atoms with Gasteiger partial charge in [-0.3, -0.25) is 4.55 Å². The van der Waals surface area contributed by atoms with Crippen molar-refractivity contribution in [3.8, 4) is 0 Å². The van der Waals surface area contributed by atoms with E-state index in [4.69, 9.17) is 4.55 Å². The monoisotopic (exact) mass is 278 g/mol. The zero-order chi connectivity index (χ0) is 12.3. The van der Waals surface area contributed by atoms with Gasteiger partial charge in [-0.2, -0.15) is 8.42 Å². The van der Waals surface area contributed by atoms with Gasteiger partial charge in [-0.25, -0.2) is 4.18 Å². The molecule has 0 spiro atoms. The van der Waals surface area contributed by atoms with Gasteiger partial charge in [0.25, 0.3) is 0 Å². The van der Waals surface area contributed by atoms with Gasteiger partial charge in [0.05, 0.1) is 6.61 Å². The van der Waals surface area contributed by atoms with Crippen molar-refractivity contribution < 1.29 is 17.2 Å². The second-order valence-corrected chi connectivity index (χ2v) is 5.17. The first kappa shape index (κ1) is 20.0. The predicted octanol–water partition coefficient (Wildman–Crippen LogP) is 2.42. The lowest BCUT2D eigenvalue weighted by Crippen LogP contribution is -2.04. The second kappa shape index (κ2) is 13.1. The fourth-order valence-electron chi connectivity index (χ4n) is 1.58. The van der Waals surface area contributed by atoms with Crippen molar-refractivity contribution in [3.63, 3.8) is 0 Å². The fraction of sp³-hybridized carbons (Fsp3) is 1.00. The Morgan fingerprint density at radius 3 is 1.71 bits per heavy atom. The Morgan fingerprint density at radius 1 is 0.882 bits per heavy atom. The van der Waals surface area contributed by atoms with Crippen LogP contribution in [0.1, 0.15) is 64.7 Å². The molecule has 0 aromatic carbocycles. The summed E-state index contributed by atoms with van der Waals surface area (Å²) in [5.74, 6) is 0. The van der Waals surface area contributed by atoms with Crippen molar-refractivity contribution in [2.75, 3.05) is 6.61 Å². The van der Waals surface area contributed by atoms with Gasteiger partial charge in [-0.05, 0) is 6.42 Å². The zero-order valence-corrected chi connectivity index (χ0v) is 11.0. The minimum atomic E-state index is -4.23. The van der Waals surface area contributed by atoms with Gasteiger partial charge >= 0.3 is 33.5 Å². The molecule has 102 valence electrons. The van der Waals surface area contributed by atoms with Crippen LogP contribution < -0.4 is 0 Å². The van der Waals surface area contributed by atoms with E-state index in [0.717, 1.165) is 12.8 Å². The molecule has 0 saturated carbocycles. The Hall–Kier alpha value is 0.636. The largest absolute Gasteiger partial charge is 0.397 e. The number of hydrogen-bond donors (Lipinski definition) is 1. The van der Waals surface area contributed by atoms with Gasteiger partial charge in [0.2, 0.25) is 0 Å².